The molecule has 0 saturated carbocycles. The first-order valence-corrected chi connectivity index (χ1v) is 16.2. The third-order valence-electron chi connectivity index (χ3n) is 2.10. The van der Waals surface area contributed by atoms with E-state index < -0.39 is 0 Å². The van der Waals surface area contributed by atoms with Crippen LogP contribution in [0.4, 0.5) is 0 Å². The number of thiol groups is 1. The highest BCUT2D eigenvalue weighted by Gasteiger charge is 2.03. The van der Waals surface area contributed by atoms with Gasteiger partial charge >= 0.3 is 5.97 Å². The quantitative estimate of drug-likeness (QED) is 0.0570. The van der Waals surface area contributed by atoms with E-state index >= 15 is 0 Å². The summed E-state index contributed by atoms with van der Waals surface area (Å²) in [6.45, 7) is 0.599. The zero-order valence-electron chi connectivity index (χ0n) is 14.4. The third-order valence-corrected chi connectivity index (χ3v) is 9.70. The minimum absolute atomic E-state index is 0.144. The van der Waals surface area contributed by atoms with Crippen LogP contribution in [0.1, 0.15) is 0 Å². The van der Waals surface area contributed by atoms with Gasteiger partial charge < -0.3 is 9.84 Å². The van der Waals surface area contributed by atoms with Crippen LogP contribution in [0.2, 0.25) is 0 Å². The van der Waals surface area contributed by atoms with Gasteiger partial charge in [-0.2, -0.15) is 12.6 Å². The first kappa shape index (κ1) is 28.1. The summed E-state index contributed by atoms with van der Waals surface area (Å²) in [4.78, 5) is 21.5. The molecule has 0 aromatic carbocycles. The molecule has 0 unspecified atom stereocenters. The molecule has 5 nitrogen and oxygen atoms in total. The monoisotopic (exact) mass is 518 g/mol. The molecule has 0 saturated heterocycles. The Hall–Kier alpha value is 2.15. The average Bonchev–Trinajstić information content (AvgIpc) is 2.65. The fourth-order valence-corrected chi connectivity index (χ4v) is 7.34. The van der Waals surface area contributed by atoms with E-state index in [1.54, 1.807) is 35.3 Å². The first-order chi connectivity index (χ1) is 12.8. The lowest BCUT2D eigenvalue weighted by Crippen LogP contribution is -2.07. The van der Waals surface area contributed by atoms with Crippen molar-refractivity contribution in [2.45, 2.75) is 0 Å². The van der Waals surface area contributed by atoms with Gasteiger partial charge in [0.25, 0.3) is 0 Å². The van der Waals surface area contributed by atoms with E-state index in [1.165, 1.54) is 11.8 Å². The Labute approximate surface area is 191 Å². The van der Waals surface area contributed by atoms with E-state index in [9.17, 15) is 4.79 Å². The van der Waals surface area contributed by atoms with Crippen LogP contribution < -0.4 is 0 Å². The van der Waals surface area contributed by atoms with Crippen LogP contribution in [0.5, 0.6) is 0 Å². The largest absolute Gasteiger partial charge is 0.454 e. The van der Waals surface area contributed by atoms with Crippen molar-refractivity contribution in [1.82, 2.24) is 0 Å². The summed E-state index contributed by atoms with van der Waals surface area (Å²) in [6.07, 6.45) is 0. The number of carbonyl (C=O) groups is 1. The predicted octanol–water partition coefficient (Wildman–Crippen LogP) is 4.23. The smallest absolute Gasteiger partial charge is 0.316 e. The molecule has 0 spiro atoms. The Kier molecular flexibility index (Phi) is 27.3. The van der Waals surface area contributed by atoms with Gasteiger partial charge in [-0.05, 0) is 0 Å². The number of ether oxygens (including phenoxy) is 1. The Balaban J connectivity index is 3.11. The van der Waals surface area contributed by atoms with E-state index in [-0.39, 0.29) is 11.9 Å². The van der Waals surface area contributed by atoms with Crippen molar-refractivity contribution in [2.24, 2.45) is 0 Å². The van der Waals surface area contributed by atoms with Crippen LogP contribution in [0.25, 0.3) is 0 Å². The topological polar surface area (TPSA) is 65.0 Å². The number of aliphatic hydroxyl groups excluding tert-OH is 1. The molecular weight excluding hydrogens is 493 g/mol. The van der Waals surface area contributed by atoms with Crippen molar-refractivity contribution < 1.29 is 24.4 Å². The third kappa shape index (κ3) is 24.2. The van der Waals surface area contributed by atoms with Crippen molar-refractivity contribution in [3.63, 3.8) is 0 Å². The molecule has 0 fully saturated rings. The summed E-state index contributed by atoms with van der Waals surface area (Å²) in [5.41, 5.74) is 0. The highest BCUT2D eigenvalue weighted by Crippen LogP contribution is 2.21. The van der Waals surface area contributed by atoms with E-state index in [4.69, 9.17) is 19.6 Å². The van der Waals surface area contributed by atoms with Gasteiger partial charge in [-0.15, -0.1) is 82.3 Å². The summed E-state index contributed by atoms with van der Waals surface area (Å²) in [5.74, 6) is 3.98. The highest BCUT2D eigenvalue weighted by atomic mass is 32.2. The zero-order valence-corrected chi connectivity index (χ0v) is 21.0. The molecule has 0 aliphatic heterocycles. The van der Waals surface area contributed by atoms with Gasteiger partial charge in [0.2, 0.25) is 0 Å². The van der Waals surface area contributed by atoms with Gasteiger partial charge in [-0.3, -0.25) is 4.79 Å². The lowest BCUT2D eigenvalue weighted by molar-refractivity contribution is -0.274. The molecule has 156 valence electrons. The van der Waals surface area contributed by atoms with Crippen molar-refractivity contribution in [3.05, 3.63) is 0 Å². The van der Waals surface area contributed by atoms with Crippen molar-refractivity contribution in [3.8, 4) is 0 Å². The summed E-state index contributed by atoms with van der Waals surface area (Å²) in [6, 6.07) is 0. The molecule has 26 heavy (non-hydrogen) atoms. The van der Waals surface area contributed by atoms with Gasteiger partial charge in [-0.25, -0.2) is 9.78 Å². The molecule has 0 amide bonds. The molecule has 13 heteroatoms. The van der Waals surface area contributed by atoms with Gasteiger partial charge in [0, 0.05) is 37.6 Å². The summed E-state index contributed by atoms with van der Waals surface area (Å²) in [5, 5.41) is 12.3. The molecule has 0 aromatic rings. The fraction of sp³-hybridized carbons (Fsp3) is 0.923. The van der Waals surface area contributed by atoms with Crippen molar-refractivity contribution in [1.29, 1.82) is 0 Å². The molecular formula is C13H26O5S8. The molecule has 0 aromatic heterocycles. The number of carbonyl (C=O) groups excluding carboxylic acids is 1. The average molecular weight is 519 g/mol. The molecule has 1 N–H and O–H groups in total. The SMILES string of the molecule is O=C(CSCSCSCSCCOOCSCS)OCSCCSCO. The van der Waals surface area contributed by atoms with E-state index in [0.717, 1.165) is 37.6 Å². The summed E-state index contributed by atoms with van der Waals surface area (Å²) in [7, 11) is 0. The second kappa shape index (κ2) is 25.2. The molecule has 0 atom stereocenters. The lowest BCUT2D eigenvalue weighted by atomic mass is 10.8. The molecule has 0 bridgehead atoms. The number of rotatable bonds is 21. The Morgan fingerprint density at radius 2 is 1.54 bits per heavy atom. The number of hydrogen-bond acceptors (Lipinski definition) is 13. The first-order valence-electron chi connectivity index (χ1n) is 7.47. The number of aliphatic hydroxyl groups is 1. The Bertz CT molecular complexity index is 304. The molecule has 0 heterocycles. The van der Waals surface area contributed by atoms with Crippen LogP contribution >= 0.6 is 95.0 Å². The van der Waals surface area contributed by atoms with Gasteiger partial charge in [0.1, 0.15) is 11.9 Å². The Morgan fingerprint density at radius 1 is 0.808 bits per heavy atom. The number of hydrogen-bond donors (Lipinski definition) is 2. The fourth-order valence-electron chi connectivity index (χ4n) is 1.08. The van der Waals surface area contributed by atoms with Crippen molar-refractivity contribution in [2.75, 3.05) is 67.8 Å². The maximum absolute atomic E-state index is 11.5. The number of esters is 1. The van der Waals surface area contributed by atoms with E-state index in [0.29, 0.717) is 24.2 Å². The highest BCUT2D eigenvalue weighted by molar-refractivity contribution is 8.26. The summed E-state index contributed by atoms with van der Waals surface area (Å²) < 4.78 is 5.12. The molecule has 0 aliphatic carbocycles. The maximum atomic E-state index is 11.5. The normalized spacial score (nSPS) is 11.0. The molecule has 0 rings (SSSR count). The standard InChI is InChI=1S/C13H26O5S8/c14-6-20-3-4-21-7-16-13(15)5-23-11-26-12-25-10-22-2-1-17-18-8-24-9-19/h14,19H,1-12H2. The van der Waals surface area contributed by atoms with Gasteiger partial charge in [-0.1, -0.05) is 0 Å². The second-order valence-electron chi connectivity index (χ2n) is 3.99. The minimum Gasteiger partial charge on any atom is -0.454 e. The maximum Gasteiger partial charge on any atom is 0.316 e. The zero-order chi connectivity index (χ0) is 19.1. The second-order valence-corrected chi connectivity index (χ2v) is 13.0. The molecule has 0 radical (unpaired) electrons. The Morgan fingerprint density at radius 3 is 2.31 bits per heavy atom. The van der Waals surface area contributed by atoms with Crippen molar-refractivity contribution >= 4 is 101 Å². The van der Waals surface area contributed by atoms with Gasteiger partial charge in [0.05, 0.1) is 18.3 Å². The minimum atomic E-state index is -0.156. The summed E-state index contributed by atoms with van der Waals surface area (Å²) >= 11 is 15.8. The molecule has 0 aliphatic rings. The van der Waals surface area contributed by atoms with Crippen LogP contribution in [0.15, 0.2) is 0 Å². The van der Waals surface area contributed by atoms with E-state index in [1.807, 2.05) is 35.3 Å². The number of thioether (sulfide) groups is 7. The van der Waals surface area contributed by atoms with Crippen LogP contribution in [-0.4, -0.2) is 78.9 Å². The van der Waals surface area contributed by atoms with Crippen LogP contribution in [0.3, 0.4) is 0 Å². The van der Waals surface area contributed by atoms with E-state index in [2.05, 4.69) is 12.6 Å². The van der Waals surface area contributed by atoms with Gasteiger partial charge in [0.15, 0.2) is 0 Å². The van der Waals surface area contributed by atoms with Crippen LogP contribution in [0, 0.1) is 0 Å². The predicted molar refractivity (Wildman–Crippen MR) is 131 cm³/mol. The van der Waals surface area contributed by atoms with Crippen LogP contribution in [-0.2, 0) is 19.3 Å². The lowest BCUT2D eigenvalue weighted by Gasteiger charge is -2.05.